The number of pyridine rings is 1. The van der Waals surface area contributed by atoms with Crippen molar-refractivity contribution in [2.75, 3.05) is 25.1 Å². The standard InChI is InChI=1S/C30H32ClN5O4/c1-30(2,18-37)29(38)36-14-6-8-22(36)17-40-26-10-5-9-24-27(26)28(34-19-33-24)35-20-11-12-25(23(31)15-20)39-16-21-7-3-4-13-32-21/h3-5,7,9-13,15,19,22,37H,6,8,14,16-18H2,1-2H3,(H,33,34,35)/t22-/m1/s1. The molecule has 9 nitrogen and oxygen atoms in total. The monoisotopic (exact) mass is 561 g/mol. The van der Waals surface area contributed by atoms with Crippen molar-refractivity contribution in [3.8, 4) is 11.5 Å². The molecule has 5 rings (SSSR count). The number of aromatic nitrogens is 3. The molecule has 4 aromatic rings. The fourth-order valence-electron chi connectivity index (χ4n) is 4.68. The first-order valence-electron chi connectivity index (χ1n) is 13.2. The lowest BCUT2D eigenvalue weighted by Crippen LogP contribution is -2.47. The fourth-order valence-corrected chi connectivity index (χ4v) is 4.91. The normalized spacial score (nSPS) is 15.3. The Labute approximate surface area is 238 Å². The first-order valence-corrected chi connectivity index (χ1v) is 13.6. The Kier molecular flexibility index (Phi) is 8.32. The van der Waals surface area contributed by atoms with Crippen molar-refractivity contribution < 1.29 is 19.4 Å². The number of hydrogen-bond acceptors (Lipinski definition) is 8. The first kappa shape index (κ1) is 27.6. The topological polar surface area (TPSA) is 110 Å². The largest absolute Gasteiger partial charge is 0.491 e. The van der Waals surface area contributed by atoms with Crippen LogP contribution in [0.15, 0.2) is 67.1 Å². The maximum atomic E-state index is 13.0. The van der Waals surface area contributed by atoms with Crippen LogP contribution in [0.2, 0.25) is 5.02 Å². The number of nitrogens with zero attached hydrogens (tertiary/aromatic N) is 4. The number of carbonyl (C=O) groups excluding carboxylic acids is 1. The number of halogens is 1. The summed E-state index contributed by atoms with van der Waals surface area (Å²) in [5.74, 6) is 1.67. The van der Waals surface area contributed by atoms with Crippen LogP contribution in [0.1, 0.15) is 32.4 Å². The fraction of sp³-hybridized carbons (Fsp3) is 0.333. The number of rotatable bonds is 10. The molecule has 1 amide bonds. The highest BCUT2D eigenvalue weighted by molar-refractivity contribution is 6.32. The number of amides is 1. The third-order valence-electron chi connectivity index (χ3n) is 6.96. The third-order valence-corrected chi connectivity index (χ3v) is 7.26. The molecule has 208 valence electrons. The minimum Gasteiger partial charge on any atom is -0.491 e. The zero-order valence-corrected chi connectivity index (χ0v) is 23.3. The van der Waals surface area contributed by atoms with E-state index in [1.54, 1.807) is 32.2 Å². The Morgan fingerprint density at radius 1 is 1.10 bits per heavy atom. The smallest absolute Gasteiger partial charge is 0.230 e. The predicted octanol–water partition coefficient (Wildman–Crippen LogP) is 5.39. The lowest BCUT2D eigenvalue weighted by Gasteiger charge is -2.32. The molecule has 10 heteroatoms. The average Bonchev–Trinajstić information content (AvgIpc) is 3.44. The molecule has 0 aliphatic carbocycles. The number of carbonyl (C=O) groups is 1. The molecule has 1 fully saturated rings. The van der Waals surface area contributed by atoms with Gasteiger partial charge in [0.1, 0.15) is 36.9 Å². The van der Waals surface area contributed by atoms with Crippen LogP contribution in [0.3, 0.4) is 0 Å². The van der Waals surface area contributed by atoms with E-state index in [2.05, 4.69) is 20.3 Å². The molecule has 2 aromatic heterocycles. The second kappa shape index (κ2) is 12.1. The Morgan fingerprint density at radius 3 is 2.75 bits per heavy atom. The van der Waals surface area contributed by atoms with Gasteiger partial charge in [0.15, 0.2) is 0 Å². The Balaban J connectivity index is 1.32. The summed E-state index contributed by atoms with van der Waals surface area (Å²) in [6, 6.07) is 16.7. The Morgan fingerprint density at radius 2 is 1.98 bits per heavy atom. The van der Waals surface area contributed by atoms with Crippen LogP contribution < -0.4 is 14.8 Å². The summed E-state index contributed by atoms with van der Waals surface area (Å²) in [5.41, 5.74) is 1.43. The average molecular weight is 562 g/mol. The number of fused-ring (bicyclic) bond motifs is 1. The number of benzene rings is 2. The van der Waals surface area contributed by atoms with E-state index in [1.807, 2.05) is 47.4 Å². The van der Waals surface area contributed by atoms with E-state index in [-0.39, 0.29) is 18.6 Å². The van der Waals surface area contributed by atoms with Crippen LogP contribution in [0.5, 0.6) is 11.5 Å². The summed E-state index contributed by atoms with van der Waals surface area (Å²) >= 11 is 6.52. The Hall–Kier alpha value is -3.95. The van der Waals surface area contributed by atoms with Crippen LogP contribution in [0.4, 0.5) is 11.5 Å². The molecule has 2 aromatic carbocycles. The van der Waals surface area contributed by atoms with Crippen LogP contribution in [0, 0.1) is 5.41 Å². The molecule has 1 aliphatic rings. The summed E-state index contributed by atoms with van der Waals surface area (Å²) in [6.45, 7) is 4.62. The summed E-state index contributed by atoms with van der Waals surface area (Å²) in [7, 11) is 0. The molecule has 0 spiro atoms. The summed E-state index contributed by atoms with van der Waals surface area (Å²) < 4.78 is 12.1. The zero-order chi connectivity index (χ0) is 28.1. The number of likely N-dealkylation sites (tertiary alicyclic amines) is 1. The third kappa shape index (κ3) is 6.11. The predicted molar refractivity (Wildman–Crippen MR) is 154 cm³/mol. The molecule has 0 unspecified atom stereocenters. The van der Waals surface area contributed by atoms with Gasteiger partial charge in [-0.2, -0.15) is 0 Å². The lowest BCUT2D eigenvalue weighted by atomic mass is 9.92. The van der Waals surface area contributed by atoms with Crippen molar-refractivity contribution in [2.45, 2.75) is 39.3 Å². The number of ether oxygens (including phenoxy) is 2. The van der Waals surface area contributed by atoms with Crippen molar-refractivity contribution >= 4 is 39.9 Å². The molecule has 3 heterocycles. The number of nitrogens with one attached hydrogen (secondary N) is 1. The highest BCUT2D eigenvalue weighted by Gasteiger charge is 2.37. The Bertz CT molecular complexity index is 1480. The van der Waals surface area contributed by atoms with Gasteiger partial charge >= 0.3 is 0 Å². The molecule has 0 bridgehead atoms. The van der Waals surface area contributed by atoms with E-state index in [0.29, 0.717) is 42.1 Å². The number of aliphatic hydroxyl groups is 1. The van der Waals surface area contributed by atoms with Gasteiger partial charge in [-0.3, -0.25) is 9.78 Å². The van der Waals surface area contributed by atoms with Crippen molar-refractivity contribution in [3.05, 3.63) is 77.8 Å². The SMILES string of the molecule is CC(C)(CO)C(=O)N1CCC[C@@H]1COc1cccc2ncnc(Nc3ccc(OCc4ccccn4)c(Cl)c3)c12. The quantitative estimate of drug-likeness (QED) is 0.265. The molecule has 1 saturated heterocycles. The van der Waals surface area contributed by atoms with Gasteiger partial charge in [0.05, 0.1) is 39.7 Å². The molecule has 2 N–H and O–H groups in total. The lowest BCUT2D eigenvalue weighted by molar-refractivity contribution is -0.143. The highest BCUT2D eigenvalue weighted by atomic mass is 35.5. The van der Waals surface area contributed by atoms with Gasteiger partial charge in [-0.05, 0) is 69.2 Å². The van der Waals surface area contributed by atoms with Crippen molar-refractivity contribution in [3.63, 3.8) is 0 Å². The number of anilines is 2. The second-order valence-corrected chi connectivity index (χ2v) is 10.8. The molecule has 0 radical (unpaired) electrons. The van der Waals surface area contributed by atoms with Crippen molar-refractivity contribution in [1.29, 1.82) is 0 Å². The molecule has 40 heavy (non-hydrogen) atoms. The van der Waals surface area contributed by atoms with Gasteiger partial charge in [0, 0.05) is 18.4 Å². The van der Waals surface area contributed by atoms with Crippen molar-refractivity contribution in [1.82, 2.24) is 19.9 Å². The van der Waals surface area contributed by atoms with Gasteiger partial charge in [-0.15, -0.1) is 0 Å². The maximum absolute atomic E-state index is 13.0. The molecule has 1 atom stereocenters. The van der Waals surface area contributed by atoms with Gasteiger partial charge < -0.3 is 24.8 Å². The first-order chi connectivity index (χ1) is 19.4. The van der Waals surface area contributed by atoms with Gasteiger partial charge in [0.2, 0.25) is 5.91 Å². The van der Waals surface area contributed by atoms with Gasteiger partial charge in [-0.1, -0.05) is 23.7 Å². The van der Waals surface area contributed by atoms with E-state index in [9.17, 15) is 9.90 Å². The second-order valence-electron chi connectivity index (χ2n) is 10.4. The van der Waals surface area contributed by atoms with E-state index >= 15 is 0 Å². The minimum absolute atomic E-state index is 0.0611. The molecular weight excluding hydrogens is 530 g/mol. The van der Waals surface area contributed by atoms with E-state index in [0.717, 1.165) is 35.1 Å². The van der Waals surface area contributed by atoms with Crippen LogP contribution >= 0.6 is 11.6 Å². The molecule has 1 aliphatic heterocycles. The van der Waals surface area contributed by atoms with Crippen LogP contribution in [0.25, 0.3) is 10.9 Å². The summed E-state index contributed by atoms with van der Waals surface area (Å²) in [4.78, 5) is 28.0. The van der Waals surface area contributed by atoms with Crippen LogP contribution in [-0.4, -0.2) is 56.7 Å². The molecule has 0 saturated carbocycles. The van der Waals surface area contributed by atoms with Gasteiger partial charge in [-0.25, -0.2) is 9.97 Å². The number of hydrogen-bond donors (Lipinski definition) is 2. The summed E-state index contributed by atoms with van der Waals surface area (Å²) in [5, 5.41) is 14.2. The van der Waals surface area contributed by atoms with Crippen LogP contribution in [-0.2, 0) is 11.4 Å². The van der Waals surface area contributed by atoms with Crippen molar-refractivity contribution in [2.24, 2.45) is 5.41 Å². The summed E-state index contributed by atoms with van der Waals surface area (Å²) in [6.07, 6.45) is 4.95. The number of aliphatic hydroxyl groups excluding tert-OH is 1. The maximum Gasteiger partial charge on any atom is 0.230 e. The highest BCUT2D eigenvalue weighted by Crippen LogP contribution is 2.35. The van der Waals surface area contributed by atoms with Gasteiger partial charge in [0.25, 0.3) is 0 Å². The van der Waals surface area contributed by atoms with E-state index < -0.39 is 5.41 Å². The zero-order valence-electron chi connectivity index (χ0n) is 22.5. The van der Waals surface area contributed by atoms with E-state index in [4.69, 9.17) is 21.1 Å². The molecular formula is C30H32ClN5O4. The van der Waals surface area contributed by atoms with E-state index in [1.165, 1.54) is 6.33 Å². The minimum atomic E-state index is -0.826.